The molecule has 12 nitrogen and oxygen atoms in total. The summed E-state index contributed by atoms with van der Waals surface area (Å²) in [6.07, 6.45) is 1.15. The lowest BCUT2D eigenvalue weighted by Crippen LogP contribution is -2.34. The Hall–Kier alpha value is -4.49. The smallest absolute Gasteiger partial charge is 0.276 e. The number of hydrogen-bond donors (Lipinski definition) is 1. The number of anilines is 1. The van der Waals surface area contributed by atoms with Crippen LogP contribution in [0.5, 0.6) is 0 Å². The first-order chi connectivity index (χ1) is 20.4. The fraction of sp³-hybridized carbons (Fsp3) is 0.333. The molecule has 2 aromatic heterocycles. The summed E-state index contributed by atoms with van der Waals surface area (Å²) in [5.74, 6) is 0.599. The van der Waals surface area contributed by atoms with Crippen LogP contribution in [0.4, 0.5) is 11.4 Å². The van der Waals surface area contributed by atoms with Gasteiger partial charge in [0.25, 0.3) is 11.5 Å². The summed E-state index contributed by atoms with van der Waals surface area (Å²) in [5.41, 5.74) is 4.64. The highest BCUT2D eigenvalue weighted by Crippen LogP contribution is 2.30. The molecule has 4 aromatic rings. The standard InChI is InChI=1S/C30H35N9O3S/c1-7-37(18-17-31-43(6,41)42)22-13-14-23(20(2)19-22)32-26-27(30(3,4)5)36-39-28(26)33-34-29(39)38-25(40)16-15-24(35-38)21-11-9-8-10-12-21/h8-16,19,31H,7,17-18H2,1-6H3. The molecule has 0 amide bonds. The van der Waals surface area contributed by atoms with Gasteiger partial charge in [-0.3, -0.25) is 4.79 Å². The van der Waals surface area contributed by atoms with Gasteiger partial charge in [0, 0.05) is 42.4 Å². The van der Waals surface area contributed by atoms with Crippen LogP contribution in [0.15, 0.2) is 75.6 Å². The van der Waals surface area contributed by atoms with Gasteiger partial charge in [0.05, 0.1) is 23.3 Å². The molecular weight excluding hydrogens is 566 g/mol. The summed E-state index contributed by atoms with van der Waals surface area (Å²) < 4.78 is 28.2. The number of sulfonamides is 1. The Morgan fingerprint density at radius 3 is 2.42 bits per heavy atom. The van der Waals surface area contributed by atoms with E-state index in [1.165, 1.54) is 15.4 Å². The summed E-state index contributed by atoms with van der Waals surface area (Å²) in [6, 6.07) is 18.6. The minimum Gasteiger partial charge on any atom is -0.370 e. The molecule has 0 spiro atoms. The van der Waals surface area contributed by atoms with Crippen molar-refractivity contribution in [2.75, 3.05) is 30.8 Å². The van der Waals surface area contributed by atoms with E-state index in [1.54, 1.807) is 6.07 Å². The van der Waals surface area contributed by atoms with Crippen molar-refractivity contribution in [3.8, 4) is 17.2 Å². The van der Waals surface area contributed by atoms with Crippen molar-refractivity contribution in [1.29, 1.82) is 0 Å². The Balaban J connectivity index is 1.52. The molecule has 3 heterocycles. The van der Waals surface area contributed by atoms with E-state index in [-0.39, 0.29) is 16.9 Å². The molecule has 0 unspecified atom stereocenters. The quantitative estimate of drug-likeness (QED) is 0.309. The van der Waals surface area contributed by atoms with E-state index in [0.717, 1.165) is 28.8 Å². The molecule has 5 rings (SSSR count). The number of likely N-dealkylation sites (N-methyl/N-ethyl adjacent to an activating group) is 1. The van der Waals surface area contributed by atoms with Crippen LogP contribution in [-0.2, 0) is 10.0 Å². The molecule has 2 aromatic carbocycles. The van der Waals surface area contributed by atoms with Crippen molar-refractivity contribution < 1.29 is 8.42 Å². The maximum Gasteiger partial charge on any atom is 0.276 e. The van der Waals surface area contributed by atoms with Gasteiger partial charge < -0.3 is 4.90 Å². The molecule has 0 radical (unpaired) electrons. The molecule has 0 bridgehead atoms. The van der Waals surface area contributed by atoms with Crippen LogP contribution in [0.25, 0.3) is 17.2 Å². The van der Waals surface area contributed by atoms with E-state index < -0.39 is 10.0 Å². The van der Waals surface area contributed by atoms with Gasteiger partial charge in [0.1, 0.15) is 5.71 Å². The highest BCUT2D eigenvalue weighted by atomic mass is 32.2. The van der Waals surface area contributed by atoms with Gasteiger partial charge in [-0.2, -0.15) is 19.6 Å². The minimum absolute atomic E-state index is 0.179. The van der Waals surface area contributed by atoms with E-state index in [0.29, 0.717) is 42.6 Å². The molecule has 0 saturated carbocycles. The van der Waals surface area contributed by atoms with Crippen molar-refractivity contribution in [3.63, 3.8) is 0 Å². The second kappa shape index (κ2) is 11.7. The van der Waals surface area contributed by atoms with Gasteiger partial charge in [-0.25, -0.2) is 18.1 Å². The molecule has 224 valence electrons. The number of aromatic nitrogens is 5. The normalized spacial score (nSPS) is 14.2. The molecule has 1 aliphatic heterocycles. The summed E-state index contributed by atoms with van der Waals surface area (Å²) in [7, 11) is -3.26. The molecule has 1 aliphatic rings. The summed E-state index contributed by atoms with van der Waals surface area (Å²) in [6.45, 7) is 11.7. The fourth-order valence-electron chi connectivity index (χ4n) is 4.74. The van der Waals surface area contributed by atoms with Gasteiger partial charge in [-0.05, 0) is 43.7 Å². The Morgan fingerprint density at radius 2 is 1.77 bits per heavy atom. The number of aryl methyl sites for hydroxylation is 1. The minimum atomic E-state index is -3.26. The van der Waals surface area contributed by atoms with E-state index >= 15 is 0 Å². The second-order valence-corrected chi connectivity index (χ2v) is 13.2. The maximum atomic E-state index is 12.9. The molecule has 1 N–H and O–H groups in total. The number of nitrogens with one attached hydrogen (secondary N) is 1. The highest BCUT2D eigenvalue weighted by Gasteiger charge is 2.36. The number of nitrogens with zero attached hydrogens (tertiary/aromatic N) is 8. The van der Waals surface area contributed by atoms with Crippen molar-refractivity contribution in [2.24, 2.45) is 15.5 Å². The van der Waals surface area contributed by atoms with Crippen LogP contribution in [0, 0.1) is 12.3 Å². The third-order valence-corrected chi connectivity index (χ3v) is 7.66. The number of benzene rings is 2. The first-order valence-corrected chi connectivity index (χ1v) is 15.9. The Morgan fingerprint density at radius 1 is 1.02 bits per heavy atom. The molecular formula is C30H35N9O3S. The lowest BCUT2D eigenvalue weighted by Gasteiger charge is -2.24. The Bertz CT molecular complexity index is 1890. The number of fused-ring (bicyclic) bond motifs is 1. The topological polar surface area (TPSA) is 140 Å². The zero-order chi connectivity index (χ0) is 30.9. The van der Waals surface area contributed by atoms with Crippen molar-refractivity contribution in [1.82, 2.24) is 29.4 Å². The van der Waals surface area contributed by atoms with Crippen molar-refractivity contribution in [2.45, 2.75) is 34.6 Å². The molecule has 0 atom stereocenters. The SMILES string of the molecule is CCN(CCNS(C)(=O)=O)c1ccc(N=C2C(C(C)(C)C)=Nn3c2nnc3-n2nc(-c3ccccc3)ccc2=O)c(C)c1. The van der Waals surface area contributed by atoms with E-state index in [2.05, 4.69) is 24.9 Å². The second-order valence-electron chi connectivity index (χ2n) is 11.3. The van der Waals surface area contributed by atoms with E-state index in [9.17, 15) is 13.2 Å². The lowest BCUT2D eigenvalue weighted by molar-refractivity contribution is 0.587. The van der Waals surface area contributed by atoms with Crippen molar-refractivity contribution in [3.05, 3.63) is 82.4 Å². The Kier molecular flexibility index (Phi) is 8.12. The number of rotatable bonds is 9. The average Bonchev–Trinajstić information content (AvgIpc) is 3.53. The first kappa shape index (κ1) is 30.0. The van der Waals surface area contributed by atoms with E-state index in [4.69, 9.17) is 10.1 Å². The van der Waals surface area contributed by atoms with Crippen LogP contribution >= 0.6 is 0 Å². The highest BCUT2D eigenvalue weighted by molar-refractivity contribution is 7.88. The molecule has 13 heteroatoms. The summed E-state index contributed by atoms with van der Waals surface area (Å²) in [5, 5.41) is 18.1. The zero-order valence-electron chi connectivity index (χ0n) is 25.1. The Labute approximate surface area is 250 Å². The maximum absolute atomic E-state index is 12.9. The van der Waals surface area contributed by atoms with Crippen LogP contribution in [0.2, 0.25) is 0 Å². The van der Waals surface area contributed by atoms with Crippen LogP contribution < -0.4 is 15.2 Å². The van der Waals surface area contributed by atoms with Crippen molar-refractivity contribution >= 4 is 32.8 Å². The third kappa shape index (κ3) is 6.47. The van der Waals surface area contributed by atoms with Gasteiger partial charge in [-0.1, -0.05) is 51.1 Å². The largest absolute Gasteiger partial charge is 0.370 e. The predicted molar refractivity (Wildman–Crippen MR) is 169 cm³/mol. The molecule has 43 heavy (non-hydrogen) atoms. The first-order valence-electron chi connectivity index (χ1n) is 14.0. The summed E-state index contributed by atoms with van der Waals surface area (Å²) >= 11 is 0. The number of hydrogen-bond acceptors (Lipinski definition) is 9. The number of aliphatic imine (C=N–C) groups is 1. The van der Waals surface area contributed by atoms with Crippen LogP contribution in [0.3, 0.4) is 0 Å². The van der Waals surface area contributed by atoms with Gasteiger partial charge in [-0.15, -0.1) is 10.2 Å². The lowest BCUT2D eigenvalue weighted by atomic mass is 9.87. The average molecular weight is 602 g/mol. The van der Waals surface area contributed by atoms with E-state index in [1.807, 2.05) is 83.1 Å². The molecule has 0 fully saturated rings. The van der Waals surface area contributed by atoms with Crippen LogP contribution in [0.1, 0.15) is 39.1 Å². The van der Waals surface area contributed by atoms with Crippen LogP contribution in [-0.4, -0.2) is 70.4 Å². The van der Waals surface area contributed by atoms with Gasteiger partial charge >= 0.3 is 0 Å². The fourth-order valence-corrected chi connectivity index (χ4v) is 5.20. The van der Waals surface area contributed by atoms with Gasteiger partial charge in [0.15, 0.2) is 0 Å². The van der Waals surface area contributed by atoms with Gasteiger partial charge in [0.2, 0.25) is 15.8 Å². The zero-order valence-corrected chi connectivity index (χ0v) is 25.9. The molecule has 0 aliphatic carbocycles. The monoisotopic (exact) mass is 601 g/mol. The predicted octanol–water partition coefficient (Wildman–Crippen LogP) is 3.56. The molecule has 0 saturated heterocycles. The third-order valence-electron chi connectivity index (χ3n) is 6.94. The summed E-state index contributed by atoms with van der Waals surface area (Å²) in [4.78, 5) is 20.0.